The number of aliphatic hydroxyl groups excluding tert-OH is 1. The summed E-state index contributed by atoms with van der Waals surface area (Å²) in [6.07, 6.45) is 17.1. The molecule has 0 bridgehead atoms. The first kappa shape index (κ1) is 21.4. The van der Waals surface area contributed by atoms with Crippen LogP contribution in [0.3, 0.4) is 0 Å². The molecule has 4 nitrogen and oxygen atoms in total. The van der Waals surface area contributed by atoms with Crippen molar-refractivity contribution >= 4 is 0 Å². The van der Waals surface area contributed by atoms with Crippen LogP contribution in [0.1, 0.15) is 102 Å². The highest BCUT2D eigenvalue weighted by Crippen LogP contribution is 2.77. The summed E-state index contributed by atoms with van der Waals surface area (Å²) in [5.41, 5.74) is 1.44. The first-order valence-corrected chi connectivity index (χ1v) is 13.3. The number of epoxide rings is 1. The van der Waals surface area contributed by atoms with Gasteiger partial charge in [0, 0.05) is 11.5 Å². The lowest BCUT2D eigenvalue weighted by Crippen LogP contribution is -2.58. The molecule has 1 aliphatic heterocycles. The van der Waals surface area contributed by atoms with Crippen LogP contribution in [0.2, 0.25) is 0 Å². The molecule has 0 aromatic carbocycles. The molecule has 6 fully saturated rings. The summed E-state index contributed by atoms with van der Waals surface area (Å²) in [5, 5.41) is 10.2. The van der Waals surface area contributed by atoms with Crippen LogP contribution in [0.25, 0.3) is 0 Å². The van der Waals surface area contributed by atoms with Gasteiger partial charge in [-0.2, -0.15) is 0 Å². The van der Waals surface area contributed by atoms with Gasteiger partial charge >= 0.3 is 5.63 Å². The topological polar surface area (TPSA) is 63.0 Å². The Labute approximate surface area is 192 Å². The monoisotopic (exact) mass is 440 g/mol. The van der Waals surface area contributed by atoms with E-state index in [0.29, 0.717) is 29.3 Å². The molecule has 0 radical (unpaired) electrons. The quantitative estimate of drug-likeness (QED) is 0.559. The Balaban J connectivity index is 0.000000444. The molecule has 1 N–H and O–H groups in total. The van der Waals surface area contributed by atoms with E-state index in [1.165, 1.54) is 63.4 Å². The Morgan fingerprint density at radius 2 is 1.72 bits per heavy atom. The third kappa shape index (κ3) is 2.90. The summed E-state index contributed by atoms with van der Waals surface area (Å²) < 4.78 is 11.8. The van der Waals surface area contributed by atoms with Crippen molar-refractivity contribution in [2.45, 2.75) is 115 Å². The molecular weight excluding hydrogens is 400 g/mol. The number of rotatable bonds is 1. The highest BCUT2D eigenvalue weighted by Gasteiger charge is 2.80. The zero-order valence-corrected chi connectivity index (χ0v) is 19.9. The second-order valence-electron chi connectivity index (χ2n) is 12.4. The number of fused-ring (bicyclic) bond motifs is 3. The van der Waals surface area contributed by atoms with Crippen LogP contribution in [-0.4, -0.2) is 22.9 Å². The van der Waals surface area contributed by atoms with Crippen LogP contribution in [0, 0.1) is 28.6 Å². The zero-order chi connectivity index (χ0) is 22.1. The van der Waals surface area contributed by atoms with E-state index in [1.807, 2.05) is 6.07 Å². The third-order valence-corrected chi connectivity index (χ3v) is 11.2. The molecule has 5 aliphatic carbocycles. The van der Waals surface area contributed by atoms with Gasteiger partial charge in [-0.25, -0.2) is 4.79 Å². The molecule has 6 aliphatic rings. The lowest BCUT2D eigenvalue weighted by molar-refractivity contribution is -0.139. The third-order valence-electron chi connectivity index (χ3n) is 11.2. The summed E-state index contributed by atoms with van der Waals surface area (Å²) in [7, 11) is 0. The summed E-state index contributed by atoms with van der Waals surface area (Å²) in [5.74, 6) is 2.48. The predicted molar refractivity (Wildman–Crippen MR) is 123 cm³/mol. The molecule has 176 valence electrons. The van der Waals surface area contributed by atoms with E-state index in [2.05, 4.69) is 13.8 Å². The summed E-state index contributed by atoms with van der Waals surface area (Å²) in [6.45, 7) is 4.97. The summed E-state index contributed by atoms with van der Waals surface area (Å²) >= 11 is 0. The Morgan fingerprint density at radius 3 is 2.41 bits per heavy atom. The molecule has 1 spiro atoms. The minimum absolute atomic E-state index is 0.0285. The van der Waals surface area contributed by atoms with Crippen molar-refractivity contribution in [2.75, 3.05) is 0 Å². The Bertz CT molecular complexity index is 896. The fourth-order valence-corrected chi connectivity index (χ4v) is 8.99. The van der Waals surface area contributed by atoms with E-state index in [0.717, 1.165) is 25.2 Å². The molecule has 7 rings (SSSR count). The highest BCUT2D eigenvalue weighted by atomic mass is 16.6. The van der Waals surface area contributed by atoms with Gasteiger partial charge in [0.2, 0.25) is 0 Å². The van der Waals surface area contributed by atoms with Gasteiger partial charge in [-0.05, 0) is 92.1 Å². The Morgan fingerprint density at radius 1 is 0.938 bits per heavy atom. The molecule has 9 atom stereocenters. The van der Waals surface area contributed by atoms with Crippen LogP contribution in [0.15, 0.2) is 27.6 Å². The van der Waals surface area contributed by atoms with Crippen molar-refractivity contribution in [1.29, 1.82) is 0 Å². The molecule has 1 aromatic heterocycles. The van der Waals surface area contributed by atoms with Crippen LogP contribution in [0.5, 0.6) is 0 Å². The first-order valence-electron chi connectivity index (χ1n) is 13.3. The number of ether oxygens (including phenoxy) is 1. The lowest BCUT2D eigenvalue weighted by Gasteiger charge is -2.61. The standard InChI is InChI=1S/C24H32O4.C4H8/c1-22-9-7-16(25)11-15(22)4-5-18-17(22)8-10-23(2)19(12-20-24(18,23)28-20)14-3-6-21(26)27-13-14;1-2-4-3-1/h3,6,13,15-20,25H,4-5,7-12H2,1-2H3;1-4H2/t15-,16+,17+,18-,19-,20-,22+,23-,24-;/m1./s1. The highest BCUT2D eigenvalue weighted by molar-refractivity contribution is 5.35. The Hall–Kier alpha value is -1.13. The molecule has 32 heavy (non-hydrogen) atoms. The van der Waals surface area contributed by atoms with E-state index >= 15 is 0 Å². The second-order valence-corrected chi connectivity index (χ2v) is 12.4. The van der Waals surface area contributed by atoms with E-state index < -0.39 is 0 Å². The van der Waals surface area contributed by atoms with Gasteiger partial charge in [-0.1, -0.05) is 39.5 Å². The molecule has 5 saturated carbocycles. The van der Waals surface area contributed by atoms with Crippen molar-refractivity contribution in [3.05, 3.63) is 34.4 Å². The van der Waals surface area contributed by atoms with Gasteiger partial charge in [0.25, 0.3) is 0 Å². The molecule has 4 heteroatoms. The normalized spacial score (nSPS) is 50.5. The lowest BCUT2D eigenvalue weighted by atomic mass is 9.44. The van der Waals surface area contributed by atoms with Crippen LogP contribution in [-0.2, 0) is 4.74 Å². The van der Waals surface area contributed by atoms with Crippen molar-refractivity contribution in [3.63, 3.8) is 0 Å². The molecule has 0 unspecified atom stereocenters. The molecule has 1 saturated heterocycles. The SMILES string of the molecule is C1CCC1.C[C@]12CC[C@H](O)C[C@H]1CC[C@@H]1[C@@H]2CC[C@]2(C)[C@@H](c3ccc(=O)oc3)C[C@H]3O[C@]132. The fraction of sp³-hybridized carbons (Fsp3) is 0.821. The zero-order valence-electron chi connectivity index (χ0n) is 19.9. The number of aliphatic hydroxyl groups is 1. The smallest absolute Gasteiger partial charge is 0.335 e. The maximum absolute atomic E-state index is 11.4. The van der Waals surface area contributed by atoms with Crippen LogP contribution in [0.4, 0.5) is 0 Å². The van der Waals surface area contributed by atoms with Gasteiger partial charge in [0.15, 0.2) is 0 Å². The number of hydrogen-bond donors (Lipinski definition) is 1. The van der Waals surface area contributed by atoms with Gasteiger partial charge in [0.05, 0.1) is 18.5 Å². The van der Waals surface area contributed by atoms with E-state index in [-0.39, 0.29) is 22.7 Å². The molecule has 2 heterocycles. The van der Waals surface area contributed by atoms with Gasteiger partial charge < -0.3 is 14.3 Å². The minimum Gasteiger partial charge on any atom is -0.431 e. The first-order chi connectivity index (χ1) is 15.4. The van der Waals surface area contributed by atoms with E-state index in [1.54, 1.807) is 12.3 Å². The maximum Gasteiger partial charge on any atom is 0.335 e. The van der Waals surface area contributed by atoms with Gasteiger partial charge in [-0.15, -0.1) is 0 Å². The number of hydrogen-bond acceptors (Lipinski definition) is 4. The second kappa shape index (κ2) is 7.43. The fourth-order valence-electron chi connectivity index (χ4n) is 8.99. The average molecular weight is 441 g/mol. The van der Waals surface area contributed by atoms with E-state index in [4.69, 9.17) is 9.15 Å². The van der Waals surface area contributed by atoms with Gasteiger partial charge in [0.1, 0.15) is 5.60 Å². The molecule has 0 amide bonds. The predicted octanol–water partition coefficient (Wildman–Crippen LogP) is 5.82. The molecule has 1 aromatic rings. The van der Waals surface area contributed by atoms with Crippen molar-refractivity contribution in [2.24, 2.45) is 28.6 Å². The van der Waals surface area contributed by atoms with Crippen LogP contribution < -0.4 is 5.63 Å². The van der Waals surface area contributed by atoms with Crippen molar-refractivity contribution < 1.29 is 14.3 Å². The average Bonchev–Trinajstić information content (AvgIpc) is 3.38. The van der Waals surface area contributed by atoms with Crippen molar-refractivity contribution in [1.82, 2.24) is 0 Å². The van der Waals surface area contributed by atoms with Gasteiger partial charge in [-0.3, -0.25) is 0 Å². The van der Waals surface area contributed by atoms with E-state index in [9.17, 15) is 9.90 Å². The summed E-state index contributed by atoms with van der Waals surface area (Å²) in [4.78, 5) is 11.4. The maximum atomic E-state index is 11.4. The molecular formula is C28H40O4. The summed E-state index contributed by atoms with van der Waals surface area (Å²) in [6, 6.07) is 3.55. The Kier molecular flexibility index (Phi) is 4.97. The minimum atomic E-state index is -0.266. The largest absolute Gasteiger partial charge is 0.431 e. The van der Waals surface area contributed by atoms with Crippen LogP contribution >= 0.6 is 0 Å². The van der Waals surface area contributed by atoms with Crippen molar-refractivity contribution in [3.8, 4) is 0 Å².